The number of halogens is 3. The molecule has 23 heteroatoms. The molecule has 0 saturated carbocycles. The van der Waals surface area contributed by atoms with Crippen molar-refractivity contribution in [2.45, 2.75) is 473 Å². The monoisotopic (exact) mass is 1690 g/mol. The van der Waals surface area contributed by atoms with E-state index in [1.54, 1.807) is 0 Å². The second kappa shape index (κ2) is 67.5. The zero-order chi connectivity index (χ0) is 83.2. The number of unbranched alkanes of at least 4 members (excludes halogenated alkanes) is 36. The number of hydrogen-bond donors (Lipinski definition) is 2. The van der Waals surface area contributed by atoms with Crippen LogP contribution in [0.3, 0.4) is 0 Å². The molecule has 668 valence electrons. The Hall–Kier alpha value is -3.12. The van der Waals surface area contributed by atoms with Gasteiger partial charge in [-0.15, -0.1) is 0 Å². The second-order valence-electron chi connectivity index (χ2n) is 32.7. The van der Waals surface area contributed by atoms with Crippen LogP contribution in [0.1, 0.15) is 395 Å². The van der Waals surface area contributed by atoms with Crippen molar-refractivity contribution >= 4 is 64.7 Å². The first kappa shape index (κ1) is 104. The third-order valence-corrected chi connectivity index (χ3v) is 22.5. The van der Waals surface area contributed by atoms with Crippen LogP contribution in [0.15, 0.2) is 30.3 Å². The molecule has 4 rings (SSSR count). The highest BCUT2D eigenvalue weighted by Crippen LogP contribution is 2.38. The summed E-state index contributed by atoms with van der Waals surface area (Å²) in [5.74, 6) is -1.96. The van der Waals surface area contributed by atoms with Crippen LogP contribution in [-0.2, 0) is 80.8 Å². The topological polar surface area (TPSA) is 229 Å². The lowest BCUT2D eigenvalue weighted by Crippen LogP contribution is -2.69. The van der Waals surface area contributed by atoms with Gasteiger partial charge in [-0.2, -0.15) is 0 Å². The lowest BCUT2D eigenvalue weighted by Gasteiger charge is -2.49. The first-order valence-electron chi connectivity index (χ1n) is 46.6. The van der Waals surface area contributed by atoms with Crippen LogP contribution in [0.25, 0.3) is 0 Å². The third-order valence-electron chi connectivity index (χ3n) is 22.2. The van der Waals surface area contributed by atoms with E-state index in [-0.39, 0.29) is 70.1 Å². The van der Waals surface area contributed by atoms with Crippen LogP contribution in [0.4, 0.5) is 4.79 Å². The molecule has 0 spiro atoms. The van der Waals surface area contributed by atoms with E-state index in [4.69, 9.17) is 96.4 Å². The number of nitrogens with one attached hydrogen (secondary N) is 2. The highest BCUT2D eigenvalue weighted by molar-refractivity contribution is 6.67. The van der Waals surface area contributed by atoms with Gasteiger partial charge >= 0.3 is 24.0 Å². The predicted octanol–water partition coefficient (Wildman–Crippen LogP) is 23.5. The summed E-state index contributed by atoms with van der Waals surface area (Å²) < 4.78 is 84.3. The van der Waals surface area contributed by atoms with Gasteiger partial charge in [0.2, 0.25) is 9.70 Å². The Kier molecular flexibility index (Phi) is 61.1. The van der Waals surface area contributed by atoms with E-state index >= 15 is 14.4 Å². The number of hydrogen-bond acceptors (Lipinski definition) is 18. The maximum absolute atomic E-state index is 15.2. The molecule has 3 heterocycles. The fourth-order valence-corrected chi connectivity index (χ4v) is 15.4. The summed E-state index contributed by atoms with van der Waals surface area (Å²) in [6, 6.07) is 6.76. The molecule has 2 amide bonds. The molecule has 2 N–H and O–H groups in total. The van der Waals surface area contributed by atoms with Gasteiger partial charge in [-0.3, -0.25) is 19.2 Å². The Bertz CT molecular complexity index is 2560. The van der Waals surface area contributed by atoms with Crippen LogP contribution in [0.5, 0.6) is 0 Å². The average molecular weight is 1690 g/mol. The van der Waals surface area contributed by atoms with Gasteiger partial charge in [-0.1, -0.05) is 365 Å². The molecule has 1 aromatic carbocycles. The number of esters is 3. The molecule has 1 aromatic rings. The zero-order valence-electron chi connectivity index (χ0n) is 73.0. The van der Waals surface area contributed by atoms with Crippen molar-refractivity contribution in [2.75, 3.05) is 46.2 Å². The minimum atomic E-state index is -2.01. The summed E-state index contributed by atoms with van der Waals surface area (Å²) in [7, 11) is 0. The quantitative estimate of drug-likeness (QED) is 0.0267. The SMILES string of the molecule is CCCCCCCCCCCC(=O)O[C@H](CCCCCCCCCCC)CC(=O)OC1[C@@H]2OC(c3ccccc3)OCC2O[C@@H](OCC2O[C@H](OCCCC)C(NC(=O)C[C@@H](CCCCCCCCCCC)OCCCC)[C@@H](OC(=O)C[C@@H](CCCCCCCCCCC)OCCCC)[C@@H]2OCCCC)[C@H]1NC(=O)OCC(Cl)(Cl)Cl. The maximum Gasteiger partial charge on any atom is 0.407 e. The van der Waals surface area contributed by atoms with Gasteiger partial charge in [-0.05, 0) is 57.8 Å². The van der Waals surface area contributed by atoms with E-state index in [1.165, 1.54) is 135 Å². The van der Waals surface area contributed by atoms with Gasteiger partial charge < -0.3 is 72.2 Å². The molecule has 3 aliphatic heterocycles. The van der Waals surface area contributed by atoms with Crippen molar-refractivity contribution in [3.8, 4) is 0 Å². The standard InChI is InChI=1S/C92H161Cl3N2O18/c1-9-17-25-29-33-37-41-45-52-58-73(103-62-21-13-5)66-78(98)96-82-86(113-80(100)67-74(104-63-22-14-6)59-53-46-42-38-34-30-26-18-10-2)84(105-64-23-15-7)76(111-89(82)106-65-24-16-8)69-108-90-83(97-91(102)109-71-92(93,94)95)87(85-77(112-90)70-107-88(115-85)72-56-50-49-51-57-72)114-81(101)68-75(60-54-47-43-39-35-31-27-19-11-3)110-79(99)61-55-48-44-40-36-32-28-20-12-4/h49-51,56-57,73-77,82-90H,9-48,52-55,58-71H2,1-8H3,(H,96,98)(H,97,102)/t73-,74-,75-,76?,77?,82?,83+,84-,85-,86-,87?,88?,89+,90-/m1/s1. The number of amides is 2. The molecule has 0 bridgehead atoms. The van der Waals surface area contributed by atoms with Gasteiger partial charge in [0, 0.05) is 38.4 Å². The molecular weight excluding hydrogens is 1530 g/mol. The van der Waals surface area contributed by atoms with Gasteiger partial charge in [0.05, 0.1) is 44.7 Å². The van der Waals surface area contributed by atoms with Gasteiger partial charge in [0.15, 0.2) is 31.1 Å². The minimum absolute atomic E-state index is 0.0492. The van der Waals surface area contributed by atoms with E-state index in [2.05, 4.69) is 59.1 Å². The first-order chi connectivity index (χ1) is 56.0. The number of rotatable bonds is 72. The molecule has 20 nitrogen and oxygen atoms in total. The van der Waals surface area contributed by atoms with Crippen molar-refractivity contribution in [1.29, 1.82) is 0 Å². The Labute approximate surface area is 711 Å². The minimum Gasteiger partial charge on any atom is -0.462 e. The smallest absolute Gasteiger partial charge is 0.407 e. The predicted molar refractivity (Wildman–Crippen MR) is 459 cm³/mol. The van der Waals surface area contributed by atoms with Crippen molar-refractivity contribution in [3.63, 3.8) is 0 Å². The lowest BCUT2D eigenvalue weighted by atomic mass is 9.94. The average Bonchev–Trinajstić information content (AvgIpc) is 0.768. The van der Waals surface area contributed by atoms with E-state index in [1.807, 2.05) is 37.3 Å². The van der Waals surface area contributed by atoms with Crippen molar-refractivity contribution in [2.24, 2.45) is 0 Å². The number of alkyl halides is 3. The van der Waals surface area contributed by atoms with E-state index in [0.29, 0.717) is 57.3 Å². The molecular formula is C92H161Cl3N2O18. The largest absolute Gasteiger partial charge is 0.462 e. The molecule has 0 aromatic heterocycles. The maximum atomic E-state index is 15.2. The zero-order valence-corrected chi connectivity index (χ0v) is 75.2. The second-order valence-corrected chi connectivity index (χ2v) is 35.2. The first-order valence-corrected chi connectivity index (χ1v) is 47.7. The normalized spacial score (nSPS) is 21.7. The lowest BCUT2D eigenvalue weighted by molar-refractivity contribution is -0.351. The van der Waals surface area contributed by atoms with Crippen molar-refractivity contribution in [1.82, 2.24) is 10.6 Å². The van der Waals surface area contributed by atoms with E-state index < -0.39 is 108 Å². The summed E-state index contributed by atoms with van der Waals surface area (Å²) in [4.78, 5) is 73.6. The van der Waals surface area contributed by atoms with Crippen molar-refractivity contribution < 1.29 is 85.6 Å². The Morgan fingerprint density at radius 1 is 0.426 bits per heavy atom. The number of benzene rings is 1. The molecule has 14 atom stereocenters. The van der Waals surface area contributed by atoms with Crippen LogP contribution >= 0.6 is 34.8 Å². The Morgan fingerprint density at radius 2 is 0.843 bits per heavy atom. The van der Waals surface area contributed by atoms with Crippen LogP contribution in [0.2, 0.25) is 0 Å². The van der Waals surface area contributed by atoms with E-state index in [0.717, 1.165) is 128 Å². The number of carbonyl (C=O) groups is 5. The van der Waals surface area contributed by atoms with Crippen LogP contribution < -0.4 is 10.6 Å². The van der Waals surface area contributed by atoms with Crippen LogP contribution in [-0.4, -0.2) is 160 Å². The summed E-state index contributed by atoms with van der Waals surface area (Å²) in [6.07, 6.45) is 35.1. The molecule has 5 unspecified atom stereocenters. The third kappa shape index (κ3) is 48.4. The highest BCUT2D eigenvalue weighted by Gasteiger charge is 2.56. The Morgan fingerprint density at radius 3 is 1.34 bits per heavy atom. The number of carbonyl (C=O) groups excluding carboxylic acids is 5. The molecule has 0 aliphatic carbocycles. The van der Waals surface area contributed by atoms with Gasteiger partial charge in [-0.25, -0.2) is 4.79 Å². The highest BCUT2D eigenvalue weighted by atomic mass is 35.6. The fourth-order valence-electron chi connectivity index (χ4n) is 15.3. The van der Waals surface area contributed by atoms with Gasteiger partial charge in [0.1, 0.15) is 49.2 Å². The molecule has 3 fully saturated rings. The molecule has 115 heavy (non-hydrogen) atoms. The molecule has 0 radical (unpaired) electrons. The summed E-state index contributed by atoms with van der Waals surface area (Å²) in [5.41, 5.74) is 0.674. The van der Waals surface area contributed by atoms with Crippen LogP contribution in [0, 0.1) is 0 Å². The Balaban J connectivity index is 1.82. The van der Waals surface area contributed by atoms with E-state index in [9.17, 15) is 9.59 Å². The fraction of sp³-hybridized carbons (Fsp3) is 0.880. The van der Waals surface area contributed by atoms with Crippen molar-refractivity contribution in [3.05, 3.63) is 35.9 Å². The molecule has 3 saturated heterocycles. The number of alkyl carbamates (subject to hydrolysis) is 1. The summed E-state index contributed by atoms with van der Waals surface area (Å²) in [5, 5.41) is 6.16. The number of fused-ring (bicyclic) bond motifs is 1. The van der Waals surface area contributed by atoms with Gasteiger partial charge in [0.25, 0.3) is 0 Å². The summed E-state index contributed by atoms with van der Waals surface area (Å²) >= 11 is 18.6. The summed E-state index contributed by atoms with van der Waals surface area (Å²) in [6.45, 7) is 17.6. The number of ether oxygens (including phenoxy) is 13. The molecule has 3 aliphatic rings.